The number of rotatable bonds is 5. The number of alkyl halides is 2. The Balaban J connectivity index is 2.93. The number of nitrogens with zero attached hydrogens (tertiary/aromatic N) is 2. The van der Waals surface area contributed by atoms with Gasteiger partial charge in [0.1, 0.15) is 11.7 Å². The van der Waals surface area contributed by atoms with E-state index in [1.165, 1.54) is 17.8 Å². The van der Waals surface area contributed by atoms with Gasteiger partial charge in [0, 0.05) is 18.9 Å². The third-order valence-corrected chi connectivity index (χ3v) is 2.90. The zero-order chi connectivity index (χ0) is 16.4. The summed E-state index contributed by atoms with van der Waals surface area (Å²) in [5.74, 6) is -2.24. The molecule has 118 valence electrons. The highest BCUT2D eigenvalue weighted by Crippen LogP contribution is 2.21. The molecule has 0 saturated heterocycles. The number of hydrogen-bond acceptors (Lipinski definition) is 3. The molecule has 0 fully saturated rings. The maximum atomic E-state index is 12.3. The van der Waals surface area contributed by atoms with Crippen LogP contribution in [-0.2, 0) is 17.3 Å². The Kier molecular flexibility index (Phi) is 5.03. The molecule has 1 rings (SSSR count). The SMILES string of the molecule is Cn1nc(C(C)(C)C)cc1C(=O)NC(CC(F)F)C(=O)O. The first kappa shape index (κ1) is 17.1. The number of nitrogens with one attached hydrogen (secondary N) is 1. The summed E-state index contributed by atoms with van der Waals surface area (Å²) in [5, 5.41) is 15.1. The van der Waals surface area contributed by atoms with Gasteiger partial charge in [0.25, 0.3) is 5.91 Å². The van der Waals surface area contributed by atoms with Crippen LogP contribution in [0.15, 0.2) is 6.07 Å². The number of aromatic nitrogens is 2. The van der Waals surface area contributed by atoms with Gasteiger partial charge < -0.3 is 10.4 Å². The minimum absolute atomic E-state index is 0.125. The second-order valence-corrected chi connectivity index (χ2v) is 5.78. The van der Waals surface area contributed by atoms with E-state index in [1.807, 2.05) is 20.8 Å². The van der Waals surface area contributed by atoms with E-state index >= 15 is 0 Å². The van der Waals surface area contributed by atoms with Gasteiger partial charge in [0.15, 0.2) is 0 Å². The zero-order valence-electron chi connectivity index (χ0n) is 12.4. The molecule has 0 aliphatic carbocycles. The third-order valence-electron chi connectivity index (χ3n) is 2.90. The van der Waals surface area contributed by atoms with Crippen LogP contribution in [0.4, 0.5) is 8.78 Å². The molecule has 1 unspecified atom stereocenters. The van der Waals surface area contributed by atoms with Crippen molar-refractivity contribution < 1.29 is 23.5 Å². The Morgan fingerprint density at radius 1 is 1.43 bits per heavy atom. The van der Waals surface area contributed by atoms with Gasteiger partial charge in [-0.2, -0.15) is 5.10 Å². The number of halogens is 2. The summed E-state index contributed by atoms with van der Waals surface area (Å²) in [5.41, 5.74) is 0.488. The second-order valence-electron chi connectivity index (χ2n) is 5.78. The summed E-state index contributed by atoms with van der Waals surface area (Å²) < 4.78 is 25.9. The van der Waals surface area contributed by atoms with Gasteiger partial charge in [0.05, 0.1) is 5.69 Å². The largest absolute Gasteiger partial charge is 0.480 e. The van der Waals surface area contributed by atoms with Crippen molar-refractivity contribution in [1.82, 2.24) is 15.1 Å². The standard InChI is InChI=1S/C13H19F2N3O3/c1-13(2,3)9-6-8(18(4)17-9)11(19)16-7(12(20)21)5-10(14)15/h6-7,10H,5H2,1-4H3,(H,16,19)(H,20,21). The lowest BCUT2D eigenvalue weighted by atomic mass is 9.92. The van der Waals surface area contributed by atoms with Crippen molar-refractivity contribution in [2.45, 2.75) is 45.1 Å². The van der Waals surface area contributed by atoms with Crippen LogP contribution in [-0.4, -0.2) is 39.2 Å². The monoisotopic (exact) mass is 303 g/mol. The maximum Gasteiger partial charge on any atom is 0.326 e. The van der Waals surface area contributed by atoms with E-state index < -0.39 is 30.8 Å². The fourth-order valence-electron chi connectivity index (χ4n) is 1.68. The van der Waals surface area contributed by atoms with E-state index in [4.69, 9.17) is 5.11 Å². The van der Waals surface area contributed by atoms with Gasteiger partial charge in [-0.25, -0.2) is 13.6 Å². The summed E-state index contributed by atoms with van der Waals surface area (Å²) in [7, 11) is 1.53. The minimum Gasteiger partial charge on any atom is -0.480 e. The number of carbonyl (C=O) groups is 2. The molecule has 0 radical (unpaired) electrons. The van der Waals surface area contributed by atoms with Gasteiger partial charge in [-0.3, -0.25) is 9.48 Å². The van der Waals surface area contributed by atoms with Crippen LogP contribution in [0.25, 0.3) is 0 Å². The average molecular weight is 303 g/mol. The third kappa shape index (κ3) is 4.51. The first-order chi connectivity index (χ1) is 9.52. The van der Waals surface area contributed by atoms with Crippen LogP contribution in [0.5, 0.6) is 0 Å². The first-order valence-electron chi connectivity index (χ1n) is 6.38. The average Bonchev–Trinajstić information content (AvgIpc) is 2.69. The van der Waals surface area contributed by atoms with E-state index in [0.29, 0.717) is 5.69 Å². The first-order valence-corrected chi connectivity index (χ1v) is 6.38. The molecule has 0 aliphatic heterocycles. The summed E-state index contributed by atoms with van der Waals surface area (Å²) in [6.07, 6.45) is -3.76. The van der Waals surface area contributed by atoms with Crippen LogP contribution in [0.2, 0.25) is 0 Å². The highest BCUT2D eigenvalue weighted by molar-refractivity contribution is 5.95. The predicted molar refractivity (Wildman–Crippen MR) is 71.4 cm³/mol. The predicted octanol–water partition coefficient (Wildman–Crippen LogP) is 1.56. The van der Waals surface area contributed by atoms with Crippen LogP contribution in [0.3, 0.4) is 0 Å². The number of amides is 1. The van der Waals surface area contributed by atoms with Gasteiger partial charge in [0.2, 0.25) is 6.43 Å². The molecule has 6 nitrogen and oxygen atoms in total. The smallest absolute Gasteiger partial charge is 0.326 e. The molecule has 1 aromatic rings. The fourth-order valence-corrected chi connectivity index (χ4v) is 1.68. The summed E-state index contributed by atoms with van der Waals surface area (Å²) >= 11 is 0. The molecular formula is C13H19F2N3O3. The van der Waals surface area contributed by atoms with E-state index in [9.17, 15) is 18.4 Å². The van der Waals surface area contributed by atoms with Gasteiger partial charge in [-0.15, -0.1) is 0 Å². The van der Waals surface area contributed by atoms with Crippen LogP contribution in [0, 0.1) is 0 Å². The van der Waals surface area contributed by atoms with Crippen molar-refractivity contribution in [3.05, 3.63) is 17.5 Å². The van der Waals surface area contributed by atoms with Gasteiger partial charge in [-0.1, -0.05) is 20.8 Å². The molecule has 2 N–H and O–H groups in total. The number of carbonyl (C=O) groups excluding carboxylic acids is 1. The second kappa shape index (κ2) is 6.19. The van der Waals surface area contributed by atoms with Crippen LogP contribution >= 0.6 is 0 Å². The number of aryl methyl sites for hydroxylation is 1. The van der Waals surface area contributed by atoms with Crippen LogP contribution in [0.1, 0.15) is 43.4 Å². The molecule has 1 atom stereocenters. The Hall–Kier alpha value is -1.99. The topological polar surface area (TPSA) is 84.2 Å². The Labute approximate surface area is 121 Å². The van der Waals surface area contributed by atoms with Crippen molar-refractivity contribution in [2.24, 2.45) is 7.05 Å². The fraction of sp³-hybridized carbons (Fsp3) is 0.615. The Morgan fingerprint density at radius 3 is 2.38 bits per heavy atom. The van der Waals surface area contributed by atoms with Crippen molar-refractivity contribution in [3.63, 3.8) is 0 Å². The van der Waals surface area contributed by atoms with Crippen molar-refractivity contribution in [1.29, 1.82) is 0 Å². The molecule has 1 heterocycles. The quantitative estimate of drug-likeness (QED) is 0.864. The van der Waals surface area contributed by atoms with Crippen molar-refractivity contribution in [3.8, 4) is 0 Å². The summed E-state index contributed by atoms with van der Waals surface area (Å²) in [4.78, 5) is 22.9. The molecule has 1 aromatic heterocycles. The Bertz CT molecular complexity index is 535. The number of hydrogen-bond donors (Lipinski definition) is 2. The number of aliphatic carboxylic acids is 1. The molecule has 0 aromatic carbocycles. The van der Waals surface area contributed by atoms with Crippen molar-refractivity contribution >= 4 is 11.9 Å². The molecule has 8 heteroatoms. The highest BCUT2D eigenvalue weighted by Gasteiger charge is 2.27. The number of carboxylic acids is 1. The molecule has 0 bridgehead atoms. The molecule has 0 saturated carbocycles. The lowest BCUT2D eigenvalue weighted by Crippen LogP contribution is -2.42. The van der Waals surface area contributed by atoms with Crippen molar-refractivity contribution in [2.75, 3.05) is 0 Å². The minimum atomic E-state index is -2.82. The molecule has 1 amide bonds. The zero-order valence-corrected chi connectivity index (χ0v) is 12.4. The molecule has 21 heavy (non-hydrogen) atoms. The Morgan fingerprint density at radius 2 is 2.00 bits per heavy atom. The lowest BCUT2D eigenvalue weighted by molar-refractivity contribution is -0.140. The normalized spacial score (nSPS) is 13.3. The highest BCUT2D eigenvalue weighted by atomic mass is 19.3. The number of carboxylic acid groups (broad SMARTS) is 1. The molecular weight excluding hydrogens is 284 g/mol. The van der Waals surface area contributed by atoms with Gasteiger partial charge in [-0.05, 0) is 6.07 Å². The molecule has 0 aliphatic rings. The van der Waals surface area contributed by atoms with E-state index in [0.717, 1.165) is 0 Å². The van der Waals surface area contributed by atoms with Crippen LogP contribution < -0.4 is 5.32 Å². The lowest BCUT2D eigenvalue weighted by Gasteiger charge is -2.14. The molecule has 0 spiro atoms. The summed E-state index contributed by atoms with van der Waals surface area (Å²) in [6, 6.07) is -0.109. The maximum absolute atomic E-state index is 12.3. The summed E-state index contributed by atoms with van der Waals surface area (Å²) in [6.45, 7) is 5.73. The van der Waals surface area contributed by atoms with E-state index in [1.54, 1.807) is 0 Å². The van der Waals surface area contributed by atoms with E-state index in [-0.39, 0.29) is 11.1 Å². The van der Waals surface area contributed by atoms with E-state index in [2.05, 4.69) is 10.4 Å². The van der Waals surface area contributed by atoms with Gasteiger partial charge >= 0.3 is 5.97 Å².